The third-order valence-electron chi connectivity index (χ3n) is 5.31. The lowest BCUT2D eigenvalue weighted by Crippen LogP contribution is -2.37. The molecule has 0 aromatic heterocycles. The summed E-state index contributed by atoms with van der Waals surface area (Å²) in [6.07, 6.45) is 7.38. The van der Waals surface area contributed by atoms with Gasteiger partial charge in [0.25, 0.3) is 0 Å². The third-order valence-corrected chi connectivity index (χ3v) is 5.72. The van der Waals surface area contributed by atoms with Crippen LogP contribution in [-0.4, -0.2) is 31.3 Å². The molecule has 0 amide bonds. The quantitative estimate of drug-likeness (QED) is 0.244. The lowest BCUT2D eigenvalue weighted by molar-refractivity contribution is -0.143. The minimum Gasteiger partial charge on any atom is -0.466 e. The predicted octanol–water partition coefficient (Wildman–Crippen LogP) is 6.13. The van der Waals surface area contributed by atoms with Crippen LogP contribution in [0.3, 0.4) is 0 Å². The first-order chi connectivity index (χ1) is 15.0. The van der Waals surface area contributed by atoms with Gasteiger partial charge >= 0.3 is 5.97 Å². The highest BCUT2D eigenvalue weighted by molar-refractivity contribution is 7.80. The van der Waals surface area contributed by atoms with Crippen molar-refractivity contribution in [1.29, 1.82) is 0 Å². The van der Waals surface area contributed by atoms with Gasteiger partial charge in [0.1, 0.15) is 0 Å². The summed E-state index contributed by atoms with van der Waals surface area (Å²) in [7, 11) is 2.00. The lowest BCUT2D eigenvalue weighted by atomic mass is 10.0. The summed E-state index contributed by atoms with van der Waals surface area (Å²) < 4.78 is 5.00. The highest BCUT2D eigenvalue weighted by atomic mass is 32.1. The van der Waals surface area contributed by atoms with Gasteiger partial charge in [-0.1, -0.05) is 69.0 Å². The molecule has 0 atom stereocenters. The molecule has 0 aliphatic rings. The molecule has 31 heavy (non-hydrogen) atoms. The summed E-state index contributed by atoms with van der Waals surface area (Å²) in [5.41, 5.74) is 4.48. The molecule has 168 valence electrons. The van der Waals surface area contributed by atoms with Crippen molar-refractivity contribution >= 4 is 29.0 Å². The van der Waals surface area contributed by atoms with Crippen LogP contribution in [0, 0.1) is 0 Å². The van der Waals surface area contributed by atoms with E-state index in [1.807, 2.05) is 18.9 Å². The van der Waals surface area contributed by atoms with Crippen LogP contribution >= 0.6 is 12.2 Å². The molecule has 1 N–H and O–H groups in total. The molecule has 2 rings (SSSR count). The lowest BCUT2D eigenvalue weighted by Gasteiger charge is -2.22. The number of thiocarbonyl (C=S) groups is 1. The number of nitrogens with zero attached hydrogens (tertiary/aromatic N) is 1. The molecule has 0 heterocycles. The van der Waals surface area contributed by atoms with E-state index in [-0.39, 0.29) is 5.97 Å². The molecule has 0 fully saturated rings. The van der Waals surface area contributed by atoms with E-state index in [4.69, 9.17) is 17.0 Å². The zero-order chi connectivity index (χ0) is 22.5. The number of carbonyl (C=O) groups excluding carboxylic acids is 1. The first-order valence-electron chi connectivity index (χ1n) is 11.4. The number of benzene rings is 2. The van der Waals surface area contributed by atoms with Crippen molar-refractivity contribution in [3.05, 3.63) is 54.1 Å². The van der Waals surface area contributed by atoms with Gasteiger partial charge < -0.3 is 15.0 Å². The van der Waals surface area contributed by atoms with E-state index < -0.39 is 0 Å². The third kappa shape index (κ3) is 8.70. The second-order valence-corrected chi connectivity index (χ2v) is 8.14. The van der Waals surface area contributed by atoms with Gasteiger partial charge in [0.2, 0.25) is 0 Å². The Morgan fingerprint density at radius 3 is 2.45 bits per heavy atom. The van der Waals surface area contributed by atoms with Crippen molar-refractivity contribution in [3.8, 4) is 11.1 Å². The maximum Gasteiger partial charge on any atom is 0.306 e. The van der Waals surface area contributed by atoms with E-state index in [1.165, 1.54) is 25.7 Å². The molecule has 0 unspecified atom stereocenters. The summed E-state index contributed by atoms with van der Waals surface area (Å²) in [6.45, 7) is 5.41. The Kier molecular flexibility index (Phi) is 11.1. The zero-order valence-corrected chi connectivity index (χ0v) is 20.0. The molecule has 2 aromatic rings. The monoisotopic (exact) mass is 440 g/mol. The Balaban J connectivity index is 1.91. The number of carbonyl (C=O) groups is 1. The van der Waals surface area contributed by atoms with E-state index in [0.717, 1.165) is 40.5 Å². The summed E-state index contributed by atoms with van der Waals surface area (Å²) in [4.78, 5) is 13.6. The summed E-state index contributed by atoms with van der Waals surface area (Å²) in [6, 6.07) is 16.8. The van der Waals surface area contributed by atoms with E-state index in [1.54, 1.807) is 0 Å². The Labute approximate surface area is 193 Å². The molecule has 2 aromatic carbocycles. The first kappa shape index (κ1) is 24.9. The number of hydrogen-bond acceptors (Lipinski definition) is 3. The van der Waals surface area contributed by atoms with Gasteiger partial charge in [-0.2, -0.15) is 0 Å². The molecule has 0 saturated heterocycles. The van der Waals surface area contributed by atoms with E-state index in [0.29, 0.717) is 19.4 Å². The highest BCUT2D eigenvalue weighted by Crippen LogP contribution is 2.25. The number of ether oxygens (including phenoxy) is 1. The summed E-state index contributed by atoms with van der Waals surface area (Å²) in [5.74, 6) is -0.146. The molecular weight excluding hydrogens is 404 g/mol. The van der Waals surface area contributed by atoms with Crippen LogP contribution in [0.15, 0.2) is 48.5 Å². The second-order valence-electron chi connectivity index (χ2n) is 7.76. The van der Waals surface area contributed by atoms with Crippen LogP contribution in [0.5, 0.6) is 0 Å². The summed E-state index contributed by atoms with van der Waals surface area (Å²) >= 11 is 5.58. The van der Waals surface area contributed by atoms with Crippen LogP contribution in [0.4, 0.5) is 5.69 Å². The number of aryl methyl sites for hydroxylation is 1. The Morgan fingerprint density at radius 1 is 1.00 bits per heavy atom. The van der Waals surface area contributed by atoms with Crippen molar-refractivity contribution in [1.82, 2.24) is 5.32 Å². The Hall–Kier alpha value is -2.40. The number of nitrogens with one attached hydrogen (secondary N) is 1. The maximum atomic E-state index is 11.5. The summed E-state index contributed by atoms with van der Waals surface area (Å²) in [5, 5.41) is 4.13. The van der Waals surface area contributed by atoms with Crippen LogP contribution in [0.1, 0.15) is 57.9 Å². The molecule has 0 saturated carbocycles. The number of unbranched alkanes of at least 4 members (excludes halogenated alkanes) is 4. The molecule has 0 aliphatic heterocycles. The molecule has 4 nitrogen and oxygen atoms in total. The largest absolute Gasteiger partial charge is 0.466 e. The molecule has 5 heteroatoms. The van der Waals surface area contributed by atoms with Crippen LogP contribution in [0.2, 0.25) is 0 Å². The Morgan fingerprint density at radius 2 is 1.74 bits per heavy atom. The highest BCUT2D eigenvalue weighted by Gasteiger charge is 2.08. The van der Waals surface area contributed by atoms with Crippen molar-refractivity contribution in [2.75, 3.05) is 25.1 Å². The van der Waals surface area contributed by atoms with Gasteiger partial charge in [0.15, 0.2) is 5.11 Å². The molecule has 0 aliphatic carbocycles. The molecular formula is C26H36N2O2S. The minimum atomic E-state index is -0.146. The molecule has 0 bridgehead atoms. The van der Waals surface area contributed by atoms with Crippen molar-refractivity contribution in [3.63, 3.8) is 0 Å². The topological polar surface area (TPSA) is 41.6 Å². The molecule has 0 spiro atoms. The predicted molar refractivity (Wildman–Crippen MR) is 135 cm³/mol. The fourth-order valence-electron chi connectivity index (χ4n) is 3.40. The zero-order valence-electron chi connectivity index (χ0n) is 19.2. The SMILES string of the molecule is CCCCCCCNC(=S)N(C)c1cccc(-c2ccc(CCC(=O)OCC)cc2)c1. The second kappa shape index (κ2) is 13.8. The standard InChI is InChI=1S/C26H36N2O2S/c1-4-6-7-8-9-19-27-26(31)28(3)24-12-10-11-23(20-24)22-16-13-21(14-17-22)15-18-25(29)30-5-2/h10-14,16-17,20H,4-9,15,18-19H2,1-3H3,(H,27,31). The first-order valence-corrected chi connectivity index (χ1v) is 11.8. The maximum absolute atomic E-state index is 11.5. The van der Waals surface area contributed by atoms with Crippen LogP contribution in [0.25, 0.3) is 11.1 Å². The van der Waals surface area contributed by atoms with Gasteiger partial charge in [-0.3, -0.25) is 4.79 Å². The average Bonchev–Trinajstić information content (AvgIpc) is 2.80. The van der Waals surface area contributed by atoms with Gasteiger partial charge in [0, 0.05) is 25.7 Å². The average molecular weight is 441 g/mol. The van der Waals surface area contributed by atoms with E-state index in [9.17, 15) is 4.79 Å². The van der Waals surface area contributed by atoms with Crippen molar-refractivity contribution < 1.29 is 9.53 Å². The number of anilines is 1. The number of esters is 1. The number of rotatable bonds is 12. The Bertz CT molecular complexity index is 820. The fourth-order valence-corrected chi connectivity index (χ4v) is 3.60. The number of hydrogen-bond donors (Lipinski definition) is 1. The van der Waals surface area contributed by atoms with E-state index >= 15 is 0 Å². The smallest absolute Gasteiger partial charge is 0.306 e. The van der Waals surface area contributed by atoms with Crippen molar-refractivity contribution in [2.45, 2.75) is 58.8 Å². The van der Waals surface area contributed by atoms with E-state index in [2.05, 4.69) is 60.8 Å². The fraction of sp³-hybridized carbons (Fsp3) is 0.462. The normalized spacial score (nSPS) is 10.5. The van der Waals surface area contributed by atoms with Gasteiger partial charge in [-0.25, -0.2) is 0 Å². The van der Waals surface area contributed by atoms with Gasteiger partial charge in [0.05, 0.1) is 6.61 Å². The van der Waals surface area contributed by atoms with Gasteiger partial charge in [-0.05, 0) is 60.8 Å². The minimum absolute atomic E-state index is 0.146. The van der Waals surface area contributed by atoms with Crippen LogP contribution in [-0.2, 0) is 16.0 Å². The molecule has 0 radical (unpaired) electrons. The van der Waals surface area contributed by atoms with Crippen molar-refractivity contribution in [2.24, 2.45) is 0 Å². The van der Waals surface area contributed by atoms with Gasteiger partial charge in [-0.15, -0.1) is 0 Å². The van der Waals surface area contributed by atoms with Crippen LogP contribution < -0.4 is 10.2 Å².